The van der Waals surface area contributed by atoms with E-state index in [0.717, 1.165) is 30.2 Å². The highest BCUT2D eigenvalue weighted by Gasteiger charge is 2.25. The van der Waals surface area contributed by atoms with E-state index in [1.165, 1.54) is 32.3 Å². The molecule has 1 unspecified atom stereocenters. The van der Waals surface area contributed by atoms with Crippen molar-refractivity contribution < 1.29 is 17.9 Å². The van der Waals surface area contributed by atoms with Crippen LogP contribution in [0.1, 0.15) is 30.1 Å². The first-order valence-corrected chi connectivity index (χ1v) is 9.73. The van der Waals surface area contributed by atoms with Crippen molar-refractivity contribution in [2.24, 2.45) is 0 Å². The van der Waals surface area contributed by atoms with Gasteiger partial charge in [0, 0.05) is 20.6 Å². The van der Waals surface area contributed by atoms with Gasteiger partial charge in [0.2, 0.25) is 10.0 Å². The molecule has 1 aromatic rings. The van der Waals surface area contributed by atoms with Crippen LogP contribution < -0.4 is 0 Å². The zero-order chi connectivity index (χ0) is 17.9. The van der Waals surface area contributed by atoms with Crippen LogP contribution in [-0.2, 0) is 14.8 Å². The molecule has 1 aromatic carbocycles. The summed E-state index contributed by atoms with van der Waals surface area (Å²) in [6.45, 7) is 4.67. The SMILES string of the molecule is CCN1CCCC(OC(=O)c2cc(S(=O)(=O)N(C)C)ccc2Cl)C1. The van der Waals surface area contributed by atoms with Gasteiger partial charge in [-0.05, 0) is 44.1 Å². The van der Waals surface area contributed by atoms with E-state index in [0.29, 0.717) is 6.54 Å². The molecule has 24 heavy (non-hydrogen) atoms. The molecule has 1 heterocycles. The topological polar surface area (TPSA) is 66.9 Å². The van der Waals surface area contributed by atoms with E-state index in [1.54, 1.807) is 0 Å². The lowest BCUT2D eigenvalue weighted by Gasteiger charge is -2.31. The van der Waals surface area contributed by atoms with Crippen LogP contribution in [0.5, 0.6) is 0 Å². The molecule has 2 rings (SSSR count). The van der Waals surface area contributed by atoms with Gasteiger partial charge in [0.05, 0.1) is 15.5 Å². The predicted octanol–water partition coefficient (Wildman–Crippen LogP) is 2.23. The van der Waals surface area contributed by atoms with Gasteiger partial charge in [-0.15, -0.1) is 0 Å². The molecule has 8 heteroatoms. The fourth-order valence-corrected chi connectivity index (χ4v) is 3.77. The highest BCUT2D eigenvalue weighted by atomic mass is 35.5. The third-order valence-corrected chi connectivity index (χ3v) is 6.26. The Bertz CT molecular complexity index is 706. The largest absolute Gasteiger partial charge is 0.457 e. The second kappa shape index (κ2) is 7.82. The summed E-state index contributed by atoms with van der Waals surface area (Å²) in [5, 5.41) is 0.181. The van der Waals surface area contributed by atoms with Gasteiger partial charge in [0.25, 0.3) is 0 Å². The maximum Gasteiger partial charge on any atom is 0.340 e. The van der Waals surface area contributed by atoms with Crippen molar-refractivity contribution in [1.82, 2.24) is 9.21 Å². The molecular weight excluding hydrogens is 352 g/mol. The zero-order valence-electron chi connectivity index (χ0n) is 14.2. The van der Waals surface area contributed by atoms with Crippen molar-refractivity contribution in [2.75, 3.05) is 33.7 Å². The van der Waals surface area contributed by atoms with E-state index in [4.69, 9.17) is 16.3 Å². The highest BCUT2D eigenvalue weighted by molar-refractivity contribution is 7.89. The summed E-state index contributed by atoms with van der Waals surface area (Å²) >= 11 is 6.07. The molecule has 1 aliphatic rings. The number of hydrogen-bond donors (Lipinski definition) is 0. The van der Waals surface area contributed by atoms with Crippen LogP contribution in [0.3, 0.4) is 0 Å². The molecule has 0 aliphatic carbocycles. The zero-order valence-corrected chi connectivity index (χ0v) is 15.7. The van der Waals surface area contributed by atoms with E-state index >= 15 is 0 Å². The third kappa shape index (κ3) is 4.27. The van der Waals surface area contributed by atoms with Crippen LogP contribution in [0.2, 0.25) is 5.02 Å². The first-order valence-electron chi connectivity index (χ1n) is 7.91. The van der Waals surface area contributed by atoms with Crippen LogP contribution in [0.25, 0.3) is 0 Å². The van der Waals surface area contributed by atoms with E-state index in [-0.39, 0.29) is 21.6 Å². The molecule has 0 aromatic heterocycles. The molecule has 1 aliphatic heterocycles. The minimum Gasteiger partial charge on any atom is -0.457 e. The van der Waals surface area contributed by atoms with Gasteiger partial charge in [-0.25, -0.2) is 17.5 Å². The Hall–Kier alpha value is -1.15. The smallest absolute Gasteiger partial charge is 0.340 e. The van der Waals surface area contributed by atoms with Crippen molar-refractivity contribution in [1.29, 1.82) is 0 Å². The quantitative estimate of drug-likeness (QED) is 0.739. The summed E-state index contributed by atoms with van der Waals surface area (Å²) < 4.78 is 31.1. The van der Waals surface area contributed by atoms with Crippen molar-refractivity contribution in [3.8, 4) is 0 Å². The second-order valence-corrected chi connectivity index (χ2v) is 8.55. The van der Waals surface area contributed by atoms with Gasteiger partial charge in [-0.3, -0.25) is 4.90 Å². The van der Waals surface area contributed by atoms with Crippen LogP contribution in [-0.4, -0.2) is 63.4 Å². The summed E-state index contributed by atoms with van der Waals surface area (Å²) in [4.78, 5) is 14.7. The number of halogens is 1. The molecule has 0 N–H and O–H groups in total. The predicted molar refractivity (Wildman–Crippen MR) is 92.9 cm³/mol. The standard InChI is InChI=1S/C16H23ClN2O4S/c1-4-19-9-5-6-12(11-19)23-16(20)14-10-13(7-8-15(14)17)24(21,22)18(2)3/h7-8,10,12H,4-6,9,11H2,1-3H3. The monoisotopic (exact) mass is 374 g/mol. The molecule has 0 amide bonds. The number of piperidine rings is 1. The van der Waals surface area contributed by atoms with Crippen LogP contribution in [0.15, 0.2) is 23.1 Å². The molecule has 1 atom stereocenters. The lowest BCUT2D eigenvalue weighted by atomic mass is 10.1. The Morgan fingerprint density at radius 3 is 2.75 bits per heavy atom. The number of rotatable bonds is 5. The Kier molecular flexibility index (Phi) is 6.25. The Balaban J connectivity index is 2.20. The number of esters is 1. The molecule has 0 spiro atoms. The third-order valence-electron chi connectivity index (χ3n) is 4.12. The molecule has 1 saturated heterocycles. The summed E-state index contributed by atoms with van der Waals surface area (Å²) in [6.07, 6.45) is 1.57. The molecule has 1 fully saturated rings. The number of ether oxygens (including phenoxy) is 1. The van der Waals surface area contributed by atoms with E-state index in [9.17, 15) is 13.2 Å². The highest BCUT2D eigenvalue weighted by Crippen LogP contribution is 2.24. The van der Waals surface area contributed by atoms with Crippen molar-refractivity contribution in [2.45, 2.75) is 30.8 Å². The molecular formula is C16H23ClN2O4S. The van der Waals surface area contributed by atoms with E-state index in [2.05, 4.69) is 11.8 Å². The van der Waals surface area contributed by atoms with Gasteiger partial charge in [0.1, 0.15) is 6.10 Å². The summed E-state index contributed by atoms with van der Waals surface area (Å²) in [7, 11) is -0.769. The van der Waals surface area contributed by atoms with Crippen molar-refractivity contribution in [3.63, 3.8) is 0 Å². The van der Waals surface area contributed by atoms with Crippen LogP contribution >= 0.6 is 11.6 Å². The normalized spacial score (nSPS) is 19.5. The first kappa shape index (κ1) is 19.2. The number of sulfonamides is 1. The number of likely N-dealkylation sites (tertiary alicyclic amines) is 1. The molecule has 0 radical (unpaired) electrons. The summed E-state index contributed by atoms with van der Waals surface area (Å²) in [6, 6.07) is 4.07. The Labute approximate surface area is 148 Å². The summed E-state index contributed by atoms with van der Waals surface area (Å²) in [5.41, 5.74) is 0.0770. The minimum absolute atomic E-state index is 0.0164. The molecule has 0 bridgehead atoms. The van der Waals surface area contributed by atoms with Crippen molar-refractivity contribution >= 4 is 27.6 Å². The van der Waals surface area contributed by atoms with E-state index < -0.39 is 16.0 Å². The minimum atomic E-state index is -3.64. The molecule has 0 saturated carbocycles. The van der Waals surface area contributed by atoms with E-state index in [1.807, 2.05) is 0 Å². The number of benzene rings is 1. The first-order chi connectivity index (χ1) is 11.3. The number of hydrogen-bond acceptors (Lipinski definition) is 5. The van der Waals surface area contributed by atoms with Gasteiger partial charge < -0.3 is 4.74 Å². The van der Waals surface area contributed by atoms with Gasteiger partial charge in [-0.1, -0.05) is 18.5 Å². The van der Waals surface area contributed by atoms with Gasteiger partial charge in [0.15, 0.2) is 0 Å². The Morgan fingerprint density at radius 2 is 2.12 bits per heavy atom. The molecule has 134 valence electrons. The van der Waals surface area contributed by atoms with Crippen LogP contribution in [0.4, 0.5) is 0 Å². The second-order valence-electron chi connectivity index (χ2n) is 5.99. The fraction of sp³-hybridized carbons (Fsp3) is 0.562. The maximum atomic E-state index is 12.4. The number of likely N-dealkylation sites (N-methyl/N-ethyl adjacent to an activating group) is 1. The van der Waals surface area contributed by atoms with Gasteiger partial charge in [-0.2, -0.15) is 0 Å². The molecule has 6 nitrogen and oxygen atoms in total. The average molecular weight is 375 g/mol. The summed E-state index contributed by atoms with van der Waals surface area (Å²) in [5.74, 6) is -0.584. The fourth-order valence-electron chi connectivity index (χ4n) is 2.64. The lowest BCUT2D eigenvalue weighted by molar-refractivity contribution is 0.00774. The maximum absolute atomic E-state index is 12.4. The number of nitrogens with zero attached hydrogens (tertiary/aromatic N) is 2. The van der Waals surface area contributed by atoms with Crippen LogP contribution in [0, 0.1) is 0 Å². The lowest BCUT2D eigenvalue weighted by Crippen LogP contribution is -2.40. The number of carbonyl (C=O) groups is 1. The Morgan fingerprint density at radius 1 is 1.42 bits per heavy atom. The average Bonchev–Trinajstić information content (AvgIpc) is 2.54. The van der Waals surface area contributed by atoms with Gasteiger partial charge >= 0.3 is 5.97 Å². The van der Waals surface area contributed by atoms with Crippen molar-refractivity contribution in [3.05, 3.63) is 28.8 Å². The number of carbonyl (C=O) groups excluding carboxylic acids is 1.